The van der Waals surface area contributed by atoms with E-state index in [1.165, 1.54) is 59.3 Å². The average molecular weight is 1790 g/mol. The number of aromatic amines is 2. The molecule has 25 N–H and O–H groups in total. The van der Waals surface area contributed by atoms with Crippen LogP contribution in [0.4, 0.5) is 0 Å². The van der Waals surface area contributed by atoms with E-state index < -0.39 is 242 Å². The van der Waals surface area contributed by atoms with Gasteiger partial charge in [-0.1, -0.05) is 68.3 Å². The highest BCUT2D eigenvalue weighted by Gasteiger charge is 2.45. The summed E-state index contributed by atoms with van der Waals surface area (Å²) in [6.45, 7) is 1.06. The van der Waals surface area contributed by atoms with E-state index in [9.17, 15) is 82.4 Å². The van der Waals surface area contributed by atoms with Gasteiger partial charge in [-0.05, 0) is 106 Å². The van der Waals surface area contributed by atoms with Gasteiger partial charge in [-0.2, -0.15) is 0 Å². The molecule has 43 nitrogen and oxygen atoms in total. The number of unbranched alkanes of at least 4 members (excludes halogenated alkanes) is 1. The monoisotopic (exact) mass is 1790 g/mol. The Bertz CT molecular complexity index is 4820. The number of thioether (sulfide) groups is 1. The number of para-hydroxylation sites is 2. The van der Waals surface area contributed by atoms with Gasteiger partial charge in [-0.15, -0.1) is 11.8 Å². The average Bonchev–Trinajstić information content (AvgIpc) is 1.81. The smallest absolute Gasteiger partial charge is 0.246 e. The molecule has 0 bridgehead atoms. The van der Waals surface area contributed by atoms with Crippen LogP contribution in [0.3, 0.4) is 0 Å². The largest absolute Gasteiger partial charge is 0.508 e. The number of amides is 17. The number of aliphatic hydroxyl groups excluding tert-OH is 2. The molecule has 0 aliphatic carbocycles. The Hall–Kier alpha value is -13.0. The van der Waals surface area contributed by atoms with E-state index in [1.807, 2.05) is 0 Å². The molecule has 8 rings (SSSR count). The summed E-state index contributed by atoms with van der Waals surface area (Å²) in [7, 11) is 3.78. The molecule has 127 heavy (non-hydrogen) atoms. The van der Waals surface area contributed by atoms with Crippen LogP contribution in [0.15, 0.2) is 85.2 Å². The zero-order valence-electron chi connectivity index (χ0n) is 71.7. The Morgan fingerprint density at radius 1 is 0.512 bits per heavy atom. The highest BCUT2D eigenvalue weighted by atomic mass is 32.2. The quantitative estimate of drug-likeness (QED) is 0.0174. The van der Waals surface area contributed by atoms with Gasteiger partial charge in [0.25, 0.3) is 0 Å². The van der Waals surface area contributed by atoms with Crippen molar-refractivity contribution in [3.05, 3.63) is 102 Å². The molecule has 5 heterocycles. The second-order valence-corrected chi connectivity index (χ2v) is 32.7. The molecule has 1 unspecified atom stereocenters. The molecular formula is C83H117N23O20S. The summed E-state index contributed by atoms with van der Waals surface area (Å²) in [6, 6.07) is -2.13. The molecule has 0 saturated carbocycles. The number of phenols is 1. The minimum atomic E-state index is -1.85. The molecule has 3 aromatic carbocycles. The number of hydrogen-bond donors (Lipinski definition) is 21. The molecule has 44 heteroatoms. The first-order valence-electron chi connectivity index (χ1n) is 41.9. The lowest BCUT2D eigenvalue weighted by molar-refractivity contribution is -0.148. The van der Waals surface area contributed by atoms with Crippen LogP contribution in [0, 0.1) is 5.41 Å². The van der Waals surface area contributed by atoms with Gasteiger partial charge in [-0.25, -0.2) is 0 Å². The second kappa shape index (κ2) is 47.4. The highest BCUT2D eigenvalue weighted by Crippen LogP contribution is 2.27. The van der Waals surface area contributed by atoms with Crippen LogP contribution in [0.5, 0.6) is 5.75 Å². The van der Waals surface area contributed by atoms with Gasteiger partial charge >= 0.3 is 0 Å². The fourth-order valence-electron chi connectivity index (χ4n) is 15.3. The van der Waals surface area contributed by atoms with Crippen molar-refractivity contribution in [2.45, 2.75) is 195 Å². The minimum Gasteiger partial charge on any atom is -0.508 e. The number of H-pyrrole nitrogens is 2. The van der Waals surface area contributed by atoms with E-state index in [1.54, 1.807) is 67.8 Å². The molecule has 3 saturated heterocycles. The van der Waals surface area contributed by atoms with Crippen LogP contribution < -0.4 is 81.4 Å². The number of carbonyl (C=O) groups is 17. The Balaban J connectivity index is 1.15. The van der Waals surface area contributed by atoms with Gasteiger partial charge in [-0.3, -0.25) is 86.9 Å². The third-order valence-electron chi connectivity index (χ3n) is 22.6. The molecule has 3 fully saturated rings. The van der Waals surface area contributed by atoms with E-state index in [0.29, 0.717) is 44.9 Å². The predicted octanol–water partition coefficient (Wildman–Crippen LogP) is -5.74. The maximum atomic E-state index is 15.2. The lowest BCUT2D eigenvalue weighted by Crippen LogP contribution is -2.62. The number of nitrogens with zero attached hydrogens (tertiary/aromatic N) is 5. The van der Waals surface area contributed by atoms with Crippen molar-refractivity contribution in [1.82, 2.24) is 93.0 Å². The molecule has 5 aromatic rings. The third kappa shape index (κ3) is 27.3. The summed E-state index contributed by atoms with van der Waals surface area (Å²) in [5, 5.41) is 68.6. The van der Waals surface area contributed by atoms with Crippen LogP contribution in [0.25, 0.3) is 21.8 Å². The Kier molecular flexibility index (Phi) is 37.1. The van der Waals surface area contributed by atoms with E-state index in [-0.39, 0.29) is 96.0 Å². The van der Waals surface area contributed by atoms with Gasteiger partial charge in [0, 0.05) is 113 Å². The number of phenolic OH excluding ortho intramolecular Hbond substituents is 1. The van der Waals surface area contributed by atoms with Gasteiger partial charge < -0.3 is 131 Å². The SMILES string of the molecule is CCCC[C@H]1C(=O)N[C@@H](CC(N)=O)C(=O)N2CCC[C@H]2C(=O)N[C@@H](CO)C(=O)N[C@@H](CCO)C(=O)N2CCC[C@H]2C(=O)N[C@@H](Cc2c[nH]c3ccccc23)C(=O)N[C@@H](CN)C(=O)N[C@@H](Cc2c[nH]c3ccccc23)C(=O)N(C)[C@@H](C)C(=O)N(C)[C@@H](C)C(=O)N[C@@H](CCCNC(=N)N)C(=O)NC(C(=O)NCC(N)=O)CSCC(=O)N[C@@H](Cc2ccc(O)cc2)C(=O)N1C. The number of nitrogens with two attached hydrogens (primary N) is 4. The molecule has 3 aliphatic heterocycles. The summed E-state index contributed by atoms with van der Waals surface area (Å²) >= 11 is 0.753. The fourth-order valence-corrected chi connectivity index (χ4v) is 16.1. The summed E-state index contributed by atoms with van der Waals surface area (Å²) in [5.41, 5.74) is 25.7. The number of likely N-dealkylation sites (N-methyl/N-ethyl adjacent to an activating group) is 3. The molecule has 2 aromatic heterocycles. The Labute approximate surface area is 736 Å². The van der Waals surface area contributed by atoms with Crippen molar-refractivity contribution in [3.63, 3.8) is 0 Å². The number of carbonyl (C=O) groups excluding carboxylic acids is 17. The summed E-state index contributed by atoms with van der Waals surface area (Å²) in [4.78, 5) is 257. The first-order valence-corrected chi connectivity index (χ1v) is 43.1. The third-order valence-corrected chi connectivity index (χ3v) is 23.7. The number of aromatic nitrogens is 2. The van der Waals surface area contributed by atoms with Crippen LogP contribution in [0.1, 0.15) is 108 Å². The van der Waals surface area contributed by atoms with Crippen molar-refractivity contribution in [3.8, 4) is 5.75 Å². The highest BCUT2D eigenvalue weighted by molar-refractivity contribution is 8.00. The molecule has 14 atom stereocenters. The molecular weight excluding hydrogens is 1670 g/mol. The number of fused-ring (bicyclic) bond motifs is 4. The van der Waals surface area contributed by atoms with Crippen molar-refractivity contribution < 1.29 is 96.8 Å². The topological polar surface area (TPSA) is 659 Å². The summed E-state index contributed by atoms with van der Waals surface area (Å²) in [6.07, 6.45) is 1.98. The standard InChI is InChI=1S/C83H117N23O20S/c1-7-8-21-63-75(119)98-59(36-66(85)110)82(126)106-31-15-23-65(106)77(121)100-61(41-108)74(118)95-55(28-32-107)81(125)105-30-14-22-64(105)76(120)96-56(34-47-38-90-52-18-11-9-16-50(47)52)72(116)99-60(37-84)73(117)97-58(35-48-39-91-53-19-12-10-17-51(48)53)79(123)103(5)45(3)78(122)102(4)44(2)69(113)94-54(20-13-29-89-83(87)88)71(115)101-62(70(114)92-40-67(86)111)42-127-43-68(112)93-57(80(124)104(63)6)33-46-24-26-49(109)27-25-46/h9-12,16-19,24-27,38-39,44-45,54-65,90-91,107-109H,7-8,13-15,20-23,28-37,40-43,84H2,1-6H3,(H2,85,110)(H2,86,111)(H,92,114)(H,93,112)(H,94,113)(H,95,118)(H,96,120)(H,97,117)(H,98,119)(H,99,116)(H,100,121)(H,101,115)(H4,87,88,89)/t44-,45-,54-,55-,56-,57-,58-,59-,60-,61-,62?,63-,64-,65-/m0/s1. The van der Waals surface area contributed by atoms with Gasteiger partial charge in [0.15, 0.2) is 5.96 Å². The molecule has 3 aliphatic rings. The van der Waals surface area contributed by atoms with Gasteiger partial charge in [0.05, 0.1) is 25.3 Å². The molecule has 0 spiro atoms. The van der Waals surface area contributed by atoms with Crippen molar-refractivity contribution in [1.29, 1.82) is 5.41 Å². The van der Waals surface area contributed by atoms with Crippen molar-refractivity contribution >= 4 is 140 Å². The van der Waals surface area contributed by atoms with Crippen LogP contribution in [-0.4, -0.2) is 319 Å². The molecule has 690 valence electrons. The zero-order valence-corrected chi connectivity index (χ0v) is 72.5. The van der Waals surface area contributed by atoms with E-state index in [4.69, 9.17) is 28.3 Å². The molecule has 0 radical (unpaired) electrons. The number of benzene rings is 3. The lowest BCUT2D eigenvalue weighted by atomic mass is 10.0. The number of aromatic hydroxyl groups is 1. The Morgan fingerprint density at radius 2 is 1.02 bits per heavy atom. The first-order chi connectivity index (χ1) is 60.5. The maximum Gasteiger partial charge on any atom is 0.246 e. The summed E-state index contributed by atoms with van der Waals surface area (Å²) in [5.74, 6) is -17.9. The second-order valence-electron chi connectivity index (χ2n) is 31.6. The van der Waals surface area contributed by atoms with E-state index >= 15 is 14.4 Å². The van der Waals surface area contributed by atoms with Crippen LogP contribution in [-0.2, 0) is 101 Å². The number of primary amides is 2. The van der Waals surface area contributed by atoms with E-state index in [2.05, 4.69) is 68.5 Å². The molecule has 17 amide bonds. The van der Waals surface area contributed by atoms with Crippen molar-refractivity contribution in [2.24, 2.45) is 22.9 Å². The predicted molar refractivity (Wildman–Crippen MR) is 464 cm³/mol. The number of hydrogen-bond acceptors (Lipinski definition) is 23. The lowest BCUT2D eigenvalue weighted by Gasteiger charge is -2.34. The fraction of sp³-hybridized carbons (Fsp3) is 0.518. The maximum absolute atomic E-state index is 15.2. The Morgan fingerprint density at radius 3 is 1.58 bits per heavy atom. The number of nitrogens with one attached hydrogen (secondary N) is 14. The van der Waals surface area contributed by atoms with Crippen LogP contribution >= 0.6 is 11.8 Å². The van der Waals surface area contributed by atoms with Gasteiger partial charge in [0.2, 0.25) is 100 Å². The van der Waals surface area contributed by atoms with Crippen LogP contribution in [0.2, 0.25) is 0 Å². The van der Waals surface area contributed by atoms with Gasteiger partial charge in [0.1, 0.15) is 90.3 Å². The normalized spacial score (nSPS) is 24.9. The van der Waals surface area contributed by atoms with Crippen molar-refractivity contribution in [2.75, 3.05) is 78.6 Å². The summed E-state index contributed by atoms with van der Waals surface area (Å²) < 4.78 is 0. The minimum absolute atomic E-state index is 0.00808. The number of guanidine groups is 1. The number of aliphatic hydroxyl groups is 2. The zero-order chi connectivity index (χ0) is 93.0. The first kappa shape index (κ1) is 99.5. The number of rotatable bonds is 22. The van der Waals surface area contributed by atoms with E-state index in [0.717, 1.165) is 36.3 Å².